The first-order chi connectivity index (χ1) is 5.72. The van der Waals surface area contributed by atoms with Crippen molar-refractivity contribution in [2.45, 2.75) is 26.2 Å². The quantitative estimate of drug-likeness (QED) is 0.453. The molecular formula is C10H13ClO. The van der Waals surface area contributed by atoms with Gasteiger partial charge in [-0.1, -0.05) is 11.6 Å². The van der Waals surface area contributed by atoms with Crippen molar-refractivity contribution in [1.29, 1.82) is 0 Å². The summed E-state index contributed by atoms with van der Waals surface area (Å²) in [7, 11) is 0. The highest BCUT2D eigenvalue weighted by atomic mass is 35.5. The molecule has 0 heterocycles. The van der Waals surface area contributed by atoms with E-state index in [0.29, 0.717) is 11.8 Å². The van der Waals surface area contributed by atoms with E-state index in [1.807, 2.05) is 0 Å². The first-order valence-electron chi connectivity index (χ1n) is 4.56. The van der Waals surface area contributed by atoms with Gasteiger partial charge >= 0.3 is 0 Å². The molecule has 2 fully saturated rings. The normalized spacial score (nSPS) is 42.5. The maximum atomic E-state index is 11.0. The number of halogens is 1. The lowest BCUT2D eigenvalue weighted by molar-refractivity contribution is -0.116. The number of hydrogen-bond donors (Lipinski definition) is 0. The van der Waals surface area contributed by atoms with Gasteiger partial charge in [-0.2, -0.15) is 0 Å². The monoisotopic (exact) mass is 184 g/mol. The van der Waals surface area contributed by atoms with Gasteiger partial charge in [0.25, 0.3) is 0 Å². The van der Waals surface area contributed by atoms with Gasteiger partial charge in [0.2, 0.25) is 5.24 Å². The number of rotatable bonds is 1. The van der Waals surface area contributed by atoms with Gasteiger partial charge in [-0.25, -0.2) is 0 Å². The molecule has 2 aliphatic carbocycles. The van der Waals surface area contributed by atoms with Crippen molar-refractivity contribution in [1.82, 2.24) is 0 Å². The highest BCUT2D eigenvalue weighted by molar-refractivity contribution is 6.64. The average molecular weight is 185 g/mol. The maximum absolute atomic E-state index is 11.0. The number of fused-ring (bicyclic) bond motifs is 2. The number of carbonyl (C=O) groups excluding carboxylic acids is 1. The van der Waals surface area contributed by atoms with E-state index < -0.39 is 0 Å². The third kappa shape index (κ3) is 1.11. The third-order valence-corrected chi connectivity index (χ3v) is 3.66. The van der Waals surface area contributed by atoms with Crippen molar-refractivity contribution >= 4 is 16.8 Å². The molecule has 12 heavy (non-hydrogen) atoms. The molecule has 0 aromatic rings. The Labute approximate surface area is 77.8 Å². The van der Waals surface area contributed by atoms with Crippen molar-refractivity contribution in [2.75, 3.05) is 0 Å². The van der Waals surface area contributed by atoms with E-state index in [1.165, 1.54) is 6.42 Å². The van der Waals surface area contributed by atoms with Gasteiger partial charge in [0.15, 0.2) is 0 Å². The van der Waals surface area contributed by atoms with Gasteiger partial charge in [0.05, 0.1) is 0 Å². The lowest BCUT2D eigenvalue weighted by Gasteiger charge is -2.19. The molecule has 2 heteroatoms. The van der Waals surface area contributed by atoms with Crippen LogP contribution in [0.15, 0.2) is 11.6 Å². The van der Waals surface area contributed by atoms with Gasteiger partial charge in [-0.3, -0.25) is 4.79 Å². The number of carbonyl (C=O) groups is 1. The predicted molar refractivity (Wildman–Crippen MR) is 48.9 cm³/mol. The van der Waals surface area contributed by atoms with Crippen LogP contribution in [0.1, 0.15) is 26.2 Å². The fraction of sp³-hybridized carbons (Fsp3) is 0.700. The van der Waals surface area contributed by atoms with Crippen LogP contribution in [0, 0.1) is 17.8 Å². The van der Waals surface area contributed by atoms with Crippen LogP contribution in [0.3, 0.4) is 0 Å². The van der Waals surface area contributed by atoms with Crippen LogP contribution in [-0.4, -0.2) is 5.24 Å². The third-order valence-electron chi connectivity index (χ3n) is 3.38. The predicted octanol–water partition coefficient (Wildman–Crippen LogP) is 2.74. The van der Waals surface area contributed by atoms with E-state index in [4.69, 9.17) is 11.6 Å². The van der Waals surface area contributed by atoms with Crippen molar-refractivity contribution in [2.24, 2.45) is 17.8 Å². The van der Waals surface area contributed by atoms with Gasteiger partial charge in [0, 0.05) is 5.92 Å². The van der Waals surface area contributed by atoms with Gasteiger partial charge in [-0.05, 0) is 49.6 Å². The second-order valence-corrected chi connectivity index (χ2v) is 4.28. The summed E-state index contributed by atoms with van der Waals surface area (Å²) in [6, 6.07) is 0. The molecule has 0 aromatic carbocycles. The molecule has 0 amide bonds. The number of hydrogen-bond acceptors (Lipinski definition) is 1. The molecule has 3 unspecified atom stereocenters. The first kappa shape index (κ1) is 8.31. The standard InChI is InChI=1S/C10H13ClO/c1-2-6-3-8-4-7(6)5-9(8)10(11)12/h2,7-9H,3-5H2,1H3/b6-2-. The zero-order chi connectivity index (χ0) is 8.72. The molecule has 0 radical (unpaired) electrons. The smallest absolute Gasteiger partial charge is 0.225 e. The fourth-order valence-electron chi connectivity index (χ4n) is 2.75. The molecule has 0 N–H and O–H groups in total. The van der Waals surface area contributed by atoms with E-state index in [9.17, 15) is 4.79 Å². The molecule has 0 spiro atoms. The Morgan fingerprint density at radius 3 is 2.75 bits per heavy atom. The average Bonchev–Trinajstić information content (AvgIpc) is 2.60. The molecule has 2 rings (SSSR count). The summed E-state index contributed by atoms with van der Waals surface area (Å²) in [5.41, 5.74) is 1.55. The summed E-state index contributed by atoms with van der Waals surface area (Å²) in [6.07, 6.45) is 5.53. The largest absolute Gasteiger partial charge is 0.281 e. The summed E-state index contributed by atoms with van der Waals surface area (Å²) >= 11 is 5.51. The SMILES string of the molecule is C/C=C1/CC2CC1CC2C(=O)Cl. The highest BCUT2D eigenvalue weighted by Crippen LogP contribution is 2.51. The molecule has 1 nitrogen and oxygen atoms in total. The highest BCUT2D eigenvalue weighted by Gasteiger charge is 2.44. The van der Waals surface area contributed by atoms with E-state index in [0.717, 1.165) is 12.8 Å². The zero-order valence-electron chi connectivity index (χ0n) is 7.22. The Hall–Kier alpha value is -0.300. The summed E-state index contributed by atoms with van der Waals surface area (Å²) in [6.45, 7) is 2.09. The van der Waals surface area contributed by atoms with Crippen LogP contribution < -0.4 is 0 Å². The topological polar surface area (TPSA) is 17.1 Å². The minimum atomic E-state index is -0.113. The summed E-state index contributed by atoms with van der Waals surface area (Å²) in [4.78, 5) is 11.0. The Balaban J connectivity index is 2.13. The van der Waals surface area contributed by atoms with Crippen LogP contribution in [0.2, 0.25) is 0 Å². The molecule has 66 valence electrons. The second-order valence-electron chi connectivity index (χ2n) is 3.91. The lowest BCUT2D eigenvalue weighted by Crippen LogP contribution is -2.17. The summed E-state index contributed by atoms with van der Waals surface area (Å²) in [5, 5.41) is -0.113. The van der Waals surface area contributed by atoms with Crippen LogP contribution >= 0.6 is 11.6 Å². The first-order valence-corrected chi connectivity index (χ1v) is 4.94. The Morgan fingerprint density at radius 1 is 1.58 bits per heavy atom. The second kappa shape index (κ2) is 2.88. The Bertz CT molecular complexity index is 244. The van der Waals surface area contributed by atoms with E-state index in [-0.39, 0.29) is 11.2 Å². The van der Waals surface area contributed by atoms with Crippen molar-refractivity contribution in [3.8, 4) is 0 Å². The zero-order valence-corrected chi connectivity index (χ0v) is 7.97. The van der Waals surface area contributed by atoms with Crippen molar-refractivity contribution in [3.63, 3.8) is 0 Å². The molecule has 2 aliphatic rings. The van der Waals surface area contributed by atoms with E-state index in [1.54, 1.807) is 5.57 Å². The Kier molecular flexibility index (Phi) is 1.99. The molecular weight excluding hydrogens is 172 g/mol. The molecule has 0 aliphatic heterocycles. The molecule has 0 aromatic heterocycles. The molecule has 2 bridgehead atoms. The van der Waals surface area contributed by atoms with Crippen LogP contribution in [0.25, 0.3) is 0 Å². The van der Waals surface area contributed by atoms with Crippen LogP contribution in [-0.2, 0) is 4.79 Å². The van der Waals surface area contributed by atoms with Gasteiger partial charge in [0.1, 0.15) is 0 Å². The van der Waals surface area contributed by atoms with Gasteiger partial charge in [-0.15, -0.1) is 0 Å². The summed E-state index contributed by atoms with van der Waals surface area (Å²) in [5.74, 6) is 1.40. The number of allylic oxidation sites excluding steroid dienone is 2. The van der Waals surface area contributed by atoms with E-state index >= 15 is 0 Å². The van der Waals surface area contributed by atoms with Crippen molar-refractivity contribution < 1.29 is 4.79 Å². The van der Waals surface area contributed by atoms with Crippen molar-refractivity contribution in [3.05, 3.63) is 11.6 Å². The maximum Gasteiger partial charge on any atom is 0.225 e. The molecule has 0 saturated heterocycles. The lowest BCUT2D eigenvalue weighted by atomic mass is 9.86. The van der Waals surface area contributed by atoms with Crippen LogP contribution in [0.4, 0.5) is 0 Å². The minimum Gasteiger partial charge on any atom is -0.281 e. The minimum absolute atomic E-state index is 0.113. The molecule has 2 saturated carbocycles. The van der Waals surface area contributed by atoms with Gasteiger partial charge < -0.3 is 0 Å². The van der Waals surface area contributed by atoms with E-state index in [2.05, 4.69) is 13.0 Å². The Morgan fingerprint density at radius 2 is 2.33 bits per heavy atom. The molecule has 3 atom stereocenters. The van der Waals surface area contributed by atoms with Crippen LogP contribution in [0.5, 0.6) is 0 Å². The fourth-order valence-corrected chi connectivity index (χ4v) is 3.02. The summed E-state index contributed by atoms with van der Waals surface area (Å²) < 4.78 is 0.